The van der Waals surface area contributed by atoms with Gasteiger partial charge in [-0.3, -0.25) is 4.79 Å². The van der Waals surface area contributed by atoms with Crippen LogP contribution in [-0.4, -0.2) is 18.5 Å². The summed E-state index contributed by atoms with van der Waals surface area (Å²) in [5.74, 6) is -0.424. The summed E-state index contributed by atoms with van der Waals surface area (Å²) in [4.78, 5) is 23.6. The number of carbonyl (C=O) groups excluding carboxylic acids is 2. The van der Waals surface area contributed by atoms with Gasteiger partial charge in [0, 0.05) is 11.8 Å². The van der Waals surface area contributed by atoms with E-state index in [-0.39, 0.29) is 12.5 Å². The molecule has 0 aliphatic carbocycles. The molecule has 0 saturated carbocycles. The number of rotatable bonds is 7. The van der Waals surface area contributed by atoms with Gasteiger partial charge in [0.15, 0.2) is 6.61 Å². The minimum absolute atomic E-state index is 0.315. The number of benzene rings is 2. The molecule has 1 atom stereocenters. The summed E-state index contributed by atoms with van der Waals surface area (Å²) < 4.78 is 4.96. The Labute approximate surface area is 154 Å². The number of hydrogen-bond donors (Lipinski definition) is 1. The number of aryl methyl sites for hydroxylation is 1. The number of amides is 1. The van der Waals surface area contributed by atoms with Gasteiger partial charge in [0.05, 0.1) is 0 Å². The molecule has 4 heteroatoms. The van der Waals surface area contributed by atoms with Crippen molar-refractivity contribution in [1.29, 1.82) is 0 Å². The average molecular weight is 351 g/mol. The first kappa shape index (κ1) is 19.4. The Morgan fingerprint density at radius 3 is 2.35 bits per heavy atom. The van der Waals surface area contributed by atoms with Crippen LogP contribution in [0.1, 0.15) is 42.9 Å². The average Bonchev–Trinajstić information content (AvgIpc) is 2.66. The maximum Gasteiger partial charge on any atom is 0.331 e. The number of carbonyl (C=O) groups is 2. The van der Waals surface area contributed by atoms with Crippen LogP contribution in [0.3, 0.4) is 0 Å². The van der Waals surface area contributed by atoms with Gasteiger partial charge in [0.1, 0.15) is 0 Å². The van der Waals surface area contributed by atoms with Crippen molar-refractivity contribution in [3.05, 3.63) is 71.3 Å². The predicted molar refractivity (Wildman–Crippen MR) is 105 cm³/mol. The van der Waals surface area contributed by atoms with Gasteiger partial charge < -0.3 is 10.1 Å². The molecule has 0 bridgehead atoms. The Balaban J connectivity index is 1.79. The van der Waals surface area contributed by atoms with Gasteiger partial charge in [0.2, 0.25) is 0 Å². The third kappa shape index (κ3) is 6.20. The lowest BCUT2D eigenvalue weighted by Crippen LogP contribution is -2.20. The van der Waals surface area contributed by atoms with Crippen LogP contribution >= 0.6 is 0 Å². The first-order valence-electron chi connectivity index (χ1n) is 8.79. The Morgan fingerprint density at radius 2 is 1.73 bits per heavy atom. The van der Waals surface area contributed by atoms with Crippen LogP contribution in [0.2, 0.25) is 0 Å². The summed E-state index contributed by atoms with van der Waals surface area (Å²) in [6, 6.07) is 15.5. The van der Waals surface area contributed by atoms with Crippen LogP contribution in [0.4, 0.5) is 5.69 Å². The van der Waals surface area contributed by atoms with Crippen LogP contribution in [-0.2, 0) is 14.3 Å². The number of esters is 1. The fourth-order valence-electron chi connectivity index (χ4n) is 2.35. The van der Waals surface area contributed by atoms with E-state index in [0.717, 1.165) is 17.5 Å². The van der Waals surface area contributed by atoms with Crippen LogP contribution in [0, 0.1) is 6.92 Å². The summed E-state index contributed by atoms with van der Waals surface area (Å²) in [6.45, 7) is 5.99. The van der Waals surface area contributed by atoms with Crippen LogP contribution in [0.5, 0.6) is 0 Å². The smallest absolute Gasteiger partial charge is 0.331 e. The van der Waals surface area contributed by atoms with E-state index < -0.39 is 5.97 Å². The Bertz CT molecular complexity index is 761. The van der Waals surface area contributed by atoms with E-state index in [9.17, 15) is 9.59 Å². The highest BCUT2D eigenvalue weighted by molar-refractivity contribution is 5.94. The second-order valence-corrected chi connectivity index (χ2v) is 6.33. The molecule has 0 unspecified atom stereocenters. The van der Waals surface area contributed by atoms with Crippen molar-refractivity contribution in [3.8, 4) is 0 Å². The van der Waals surface area contributed by atoms with Gasteiger partial charge in [-0.15, -0.1) is 0 Å². The van der Waals surface area contributed by atoms with Gasteiger partial charge in [-0.25, -0.2) is 4.79 Å². The molecule has 0 saturated heterocycles. The molecular weight excluding hydrogens is 326 g/mol. The van der Waals surface area contributed by atoms with Crippen molar-refractivity contribution in [2.45, 2.75) is 33.1 Å². The quantitative estimate of drug-likeness (QED) is 0.581. The highest BCUT2D eigenvalue weighted by atomic mass is 16.5. The highest BCUT2D eigenvalue weighted by Crippen LogP contribution is 2.20. The molecule has 1 N–H and O–H groups in total. The topological polar surface area (TPSA) is 55.4 Å². The number of nitrogens with one attached hydrogen (secondary N) is 1. The summed E-state index contributed by atoms with van der Waals surface area (Å²) in [6.07, 6.45) is 4.05. The maximum absolute atomic E-state index is 11.9. The van der Waals surface area contributed by atoms with E-state index >= 15 is 0 Å². The standard InChI is InChI=1S/C22H25NO3/c1-4-17(3)19-10-12-20(13-11-19)23-21(24)15-26-22(25)14-9-18-7-5-16(2)6-8-18/h5-14,17H,4,15H2,1-3H3,(H,23,24)/b14-9+/t17-/m0/s1. The van der Waals surface area contributed by atoms with Crippen molar-refractivity contribution >= 4 is 23.6 Å². The summed E-state index contributed by atoms with van der Waals surface area (Å²) in [5, 5.41) is 2.72. The van der Waals surface area contributed by atoms with E-state index in [1.54, 1.807) is 6.08 Å². The van der Waals surface area contributed by atoms with E-state index in [4.69, 9.17) is 4.74 Å². The third-order valence-corrected chi connectivity index (χ3v) is 4.21. The largest absolute Gasteiger partial charge is 0.452 e. The number of ether oxygens (including phenoxy) is 1. The summed E-state index contributed by atoms with van der Waals surface area (Å²) in [5.41, 5.74) is 3.98. The van der Waals surface area contributed by atoms with Crippen LogP contribution in [0.25, 0.3) is 6.08 Å². The fourth-order valence-corrected chi connectivity index (χ4v) is 2.35. The van der Waals surface area contributed by atoms with Crippen LogP contribution < -0.4 is 5.32 Å². The molecule has 0 aliphatic rings. The van der Waals surface area contributed by atoms with Crippen molar-refractivity contribution in [3.63, 3.8) is 0 Å². The molecule has 136 valence electrons. The Hall–Kier alpha value is -2.88. The lowest BCUT2D eigenvalue weighted by molar-refractivity contribution is -0.142. The summed E-state index contributed by atoms with van der Waals surface area (Å²) in [7, 11) is 0. The zero-order chi connectivity index (χ0) is 18.9. The minimum atomic E-state index is -0.548. The molecule has 2 aromatic rings. The molecule has 1 amide bonds. The molecule has 4 nitrogen and oxygen atoms in total. The van der Waals surface area contributed by atoms with Gasteiger partial charge in [-0.1, -0.05) is 55.8 Å². The van der Waals surface area contributed by atoms with Gasteiger partial charge in [-0.2, -0.15) is 0 Å². The molecule has 26 heavy (non-hydrogen) atoms. The Kier molecular flexibility index (Phi) is 7.15. The normalized spacial score (nSPS) is 12.0. The van der Waals surface area contributed by atoms with Crippen molar-refractivity contribution in [1.82, 2.24) is 0 Å². The summed E-state index contributed by atoms with van der Waals surface area (Å²) >= 11 is 0. The second-order valence-electron chi connectivity index (χ2n) is 6.33. The van der Waals surface area contributed by atoms with E-state index in [2.05, 4.69) is 19.2 Å². The van der Waals surface area contributed by atoms with Gasteiger partial charge in [-0.05, 0) is 48.6 Å². The maximum atomic E-state index is 11.9. The molecule has 0 heterocycles. The third-order valence-electron chi connectivity index (χ3n) is 4.21. The highest BCUT2D eigenvalue weighted by Gasteiger charge is 2.07. The first-order valence-corrected chi connectivity index (χ1v) is 8.79. The van der Waals surface area contributed by atoms with E-state index in [0.29, 0.717) is 11.6 Å². The van der Waals surface area contributed by atoms with E-state index in [1.165, 1.54) is 11.6 Å². The lowest BCUT2D eigenvalue weighted by atomic mass is 9.99. The molecule has 0 spiro atoms. The molecule has 2 rings (SSSR count). The van der Waals surface area contributed by atoms with E-state index in [1.807, 2.05) is 55.5 Å². The second kappa shape index (κ2) is 9.56. The zero-order valence-corrected chi connectivity index (χ0v) is 15.5. The van der Waals surface area contributed by atoms with Gasteiger partial charge in [0.25, 0.3) is 5.91 Å². The number of hydrogen-bond acceptors (Lipinski definition) is 3. The van der Waals surface area contributed by atoms with Crippen molar-refractivity contribution < 1.29 is 14.3 Å². The van der Waals surface area contributed by atoms with Crippen molar-refractivity contribution in [2.24, 2.45) is 0 Å². The minimum Gasteiger partial charge on any atom is -0.452 e. The molecular formula is C22H25NO3. The fraction of sp³-hybridized carbons (Fsp3) is 0.273. The van der Waals surface area contributed by atoms with Gasteiger partial charge >= 0.3 is 5.97 Å². The SMILES string of the molecule is CC[C@H](C)c1ccc(NC(=O)COC(=O)/C=C/c2ccc(C)cc2)cc1. The lowest BCUT2D eigenvalue weighted by Gasteiger charge is -2.10. The molecule has 0 aliphatic heterocycles. The molecule has 0 fully saturated rings. The monoisotopic (exact) mass is 351 g/mol. The first-order chi connectivity index (χ1) is 12.5. The number of anilines is 1. The molecule has 0 radical (unpaired) electrons. The molecule has 0 aromatic heterocycles. The molecule has 2 aromatic carbocycles. The van der Waals surface area contributed by atoms with Crippen molar-refractivity contribution in [2.75, 3.05) is 11.9 Å². The zero-order valence-electron chi connectivity index (χ0n) is 15.5. The Morgan fingerprint density at radius 1 is 1.08 bits per heavy atom. The predicted octanol–water partition coefficient (Wildman–Crippen LogP) is 4.70. The van der Waals surface area contributed by atoms with Crippen LogP contribution in [0.15, 0.2) is 54.6 Å².